The molecule has 2 aliphatic rings. The Labute approximate surface area is 138 Å². The maximum absolute atomic E-state index is 12.3. The molecule has 1 aromatic rings. The first-order chi connectivity index (χ1) is 10.2. The molecule has 1 amide bonds. The fourth-order valence-electron chi connectivity index (χ4n) is 3.64. The quantitative estimate of drug-likeness (QED) is 0.894. The summed E-state index contributed by atoms with van der Waals surface area (Å²) in [5, 5.41) is 3.19. The third-order valence-corrected chi connectivity index (χ3v) is 4.76. The van der Waals surface area contributed by atoms with Gasteiger partial charge in [0.15, 0.2) is 0 Å². The number of halogens is 1. The van der Waals surface area contributed by atoms with Crippen molar-refractivity contribution in [2.75, 3.05) is 6.61 Å². The standard InChI is InChI=1S/C17H24N2O2.ClH/c18-14(12-5-2-1-3-6-12)11-17(20)19-15-7-4-8-16-13(15)9-10-21-16;/h1-3,5-6,13-16H,4,7-11,18H2,(H,19,20);1H. The van der Waals surface area contributed by atoms with Gasteiger partial charge in [-0.15, -0.1) is 12.4 Å². The van der Waals surface area contributed by atoms with Crippen molar-refractivity contribution >= 4 is 18.3 Å². The van der Waals surface area contributed by atoms with Gasteiger partial charge >= 0.3 is 0 Å². The van der Waals surface area contributed by atoms with Gasteiger partial charge < -0.3 is 15.8 Å². The third-order valence-electron chi connectivity index (χ3n) is 4.76. The van der Waals surface area contributed by atoms with Crippen LogP contribution < -0.4 is 11.1 Å². The van der Waals surface area contributed by atoms with Crippen LogP contribution in [0.5, 0.6) is 0 Å². The molecule has 1 aliphatic heterocycles. The smallest absolute Gasteiger partial charge is 0.222 e. The SMILES string of the molecule is Cl.NC(CC(=O)NC1CCCC2OCCC12)c1ccccc1. The van der Waals surface area contributed by atoms with Crippen LogP contribution in [0.1, 0.15) is 43.7 Å². The van der Waals surface area contributed by atoms with Gasteiger partial charge in [0, 0.05) is 31.0 Å². The van der Waals surface area contributed by atoms with Crippen LogP contribution in [0, 0.1) is 5.92 Å². The predicted octanol–water partition coefficient (Wildman–Crippen LogP) is 2.57. The Balaban J connectivity index is 0.00000176. The lowest BCUT2D eigenvalue weighted by Gasteiger charge is -2.33. The van der Waals surface area contributed by atoms with Crippen molar-refractivity contribution in [2.45, 2.75) is 50.3 Å². The number of nitrogens with two attached hydrogens (primary N) is 1. The van der Waals surface area contributed by atoms with Crippen molar-refractivity contribution in [1.82, 2.24) is 5.32 Å². The molecule has 22 heavy (non-hydrogen) atoms. The van der Waals surface area contributed by atoms with Crippen LogP contribution in [0.4, 0.5) is 0 Å². The predicted molar refractivity (Wildman–Crippen MR) is 88.9 cm³/mol. The minimum atomic E-state index is -0.231. The summed E-state index contributed by atoms with van der Waals surface area (Å²) in [6, 6.07) is 9.84. The summed E-state index contributed by atoms with van der Waals surface area (Å²) >= 11 is 0. The van der Waals surface area contributed by atoms with E-state index in [0.29, 0.717) is 18.4 Å². The Bertz CT molecular complexity index is 483. The van der Waals surface area contributed by atoms with Crippen molar-refractivity contribution < 1.29 is 9.53 Å². The average Bonchev–Trinajstić information content (AvgIpc) is 2.97. The van der Waals surface area contributed by atoms with Crippen LogP contribution in [0.25, 0.3) is 0 Å². The van der Waals surface area contributed by atoms with Crippen LogP contribution in [-0.4, -0.2) is 24.7 Å². The molecule has 5 heteroatoms. The van der Waals surface area contributed by atoms with Gasteiger partial charge in [0.25, 0.3) is 0 Å². The number of amides is 1. The Kier molecular flexibility index (Phi) is 6.24. The topological polar surface area (TPSA) is 64.4 Å². The van der Waals surface area contributed by atoms with Crippen molar-refractivity contribution in [1.29, 1.82) is 0 Å². The van der Waals surface area contributed by atoms with Gasteiger partial charge in [0.1, 0.15) is 0 Å². The summed E-state index contributed by atoms with van der Waals surface area (Å²) in [7, 11) is 0. The van der Waals surface area contributed by atoms with Gasteiger partial charge in [-0.2, -0.15) is 0 Å². The number of carbonyl (C=O) groups is 1. The lowest BCUT2D eigenvalue weighted by Crippen LogP contribution is -2.46. The van der Waals surface area contributed by atoms with E-state index in [2.05, 4.69) is 5.32 Å². The summed E-state index contributed by atoms with van der Waals surface area (Å²) in [6.07, 6.45) is 5.11. The molecule has 122 valence electrons. The zero-order valence-electron chi connectivity index (χ0n) is 12.7. The molecule has 0 spiro atoms. The fraction of sp³-hybridized carbons (Fsp3) is 0.588. The van der Waals surface area contributed by atoms with E-state index in [1.54, 1.807) is 0 Å². The van der Waals surface area contributed by atoms with Crippen molar-refractivity contribution in [2.24, 2.45) is 11.7 Å². The van der Waals surface area contributed by atoms with E-state index in [1.165, 1.54) is 0 Å². The van der Waals surface area contributed by atoms with Crippen molar-refractivity contribution in [3.8, 4) is 0 Å². The molecule has 2 fully saturated rings. The van der Waals surface area contributed by atoms with Gasteiger partial charge in [-0.25, -0.2) is 0 Å². The minimum absolute atomic E-state index is 0. The van der Waals surface area contributed by atoms with Gasteiger partial charge in [-0.3, -0.25) is 4.79 Å². The minimum Gasteiger partial charge on any atom is -0.378 e. The number of ether oxygens (including phenoxy) is 1. The average molecular weight is 325 g/mol. The summed E-state index contributed by atoms with van der Waals surface area (Å²) < 4.78 is 5.74. The summed E-state index contributed by atoms with van der Waals surface area (Å²) in [5.41, 5.74) is 7.13. The van der Waals surface area contributed by atoms with Crippen molar-refractivity contribution in [3.63, 3.8) is 0 Å². The highest BCUT2D eigenvalue weighted by molar-refractivity contribution is 5.85. The highest BCUT2D eigenvalue weighted by Gasteiger charge is 2.38. The number of rotatable bonds is 4. The van der Waals surface area contributed by atoms with Crippen LogP contribution in [0.15, 0.2) is 30.3 Å². The third kappa shape index (κ3) is 4.00. The molecule has 3 N–H and O–H groups in total. The number of nitrogens with one attached hydrogen (secondary N) is 1. The normalized spacial score (nSPS) is 28.3. The maximum Gasteiger partial charge on any atom is 0.222 e. The fourth-order valence-corrected chi connectivity index (χ4v) is 3.64. The van der Waals surface area contributed by atoms with Gasteiger partial charge in [-0.05, 0) is 31.2 Å². The Hall–Kier alpha value is -1.10. The lowest BCUT2D eigenvalue weighted by atomic mass is 9.81. The molecule has 4 nitrogen and oxygen atoms in total. The molecule has 0 radical (unpaired) electrons. The molecule has 3 rings (SSSR count). The first-order valence-electron chi connectivity index (χ1n) is 7.95. The first kappa shape index (κ1) is 17.3. The van der Waals surface area contributed by atoms with Crippen LogP contribution in [-0.2, 0) is 9.53 Å². The number of hydrogen-bond donors (Lipinski definition) is 2. The van der Waals surface area contributed by atoms with E-state index < -0.39 is 0 Å². The monoisotopic (exact) mass is 324 g/mol. The lowest BCUT2D eigenvalue weighted by molar-refractivity contribution is -0.123. The molecule has 0 bridgehead atoms. The van der Waals surface area contributed by atoms with E-state index >= 15 is 0 Å². The first-order valence-corrected chi connectivity index (χ1v) is 7.95. The van der Waals surface area contributed by atoms with E-state index in [4.69, 9.17) is 10.5 Å². The van der Waals surface area contributed by atoms with E-state index in [-0.39, 0.29) is 30.4 Å². The number of fused-ring (bicyclic) bond motifs is 1. The maximum atomic E-state index is 12.3. The van der Waals surface area contributed by atoms with Crippen LogP contribution >= 0.6 is 12.4 Å². The zero-order valence-corrected chi connectivity index (χ0v) is 13.6. The van der Waals surface area contributed by atoms with E-state index in [1.807, 2.05) is 30.3 Å². The molecule has 1 heterocycles. The highest BCUT2D eigenvalue weighted by Crippen LogP contribution is 2.34. The van der Waals surface area contributed by atoms with Crippen LogP contribution in [0.3, 0.4) is 0 Å². The summed E-state index contributed by atoms with van der Waals surface area (Å²) in [4.78, 5) is 12.3. The van der Waals surface area contributed by atoms with Crippen molar-refractivity contribution in [3.05, 3.63) is 35.9 Å². The molecule has 1 saturated heterocycles. The number of hydrogen-bond acceptors (Lipinski definition) is 3. The van der Waals surface area contributed by atoms with Crippen LogP contribution in [0.2, 0.25) is 0 Å². The number of benzene rings is 1. The van der Waals surface area contributed by atoms with E-state index in [0.717, 1.165) is 37.9 Å². The Morgan fingerprint density at radius 3 is 2.82 bits per heavy atom. The summed E-state index contributed by atoms with van der Waals surface area (Å²) in [6.45, 7) is 0.839. The molecule has 1 aliphatic carbocycles. The largest absolute Gasteiger partial charge is 0.378 e. The molecular weight excluding hydrogens is 300 g/mol. The molecule has 4 atom stereocenters. The summed E-state index contributed by atoms with van der Waals surface area (Å²) in [5.74, 6) is 0.555. The second-order valence-electron chi connectivity index (χ2n) is 6.19. The molecule has 0 aromatic heterocycles. The number of carbonyl (C=O) groups excluding carboxylic acids is 1. The van der Waals surface area contributed by atoms with E-state index in [9.17, 15) is 4.79 Å². The second-order valence-corrected chi connectivity index (χ2v) is 6.19. The highest BCUT2D eigenvalue weighted by atomic mass is 35.5. The van der Waals surface area contributed by atoms with Gasteiger partial charge in [0.2, 0.25) is 5.91 Å². The Morgan fingerprint density at radius 2 is 2.05 bits per heavy atom. The molecule has 1 saturated carbocycles. The Morgan fingerprint density at radius 1 is 1.27 bits per heavy atom. The molecule has 4 unspecified atom stereocenters. The second kappa shape index (κ2) is 7.95. The zero-order chi connectivity index (χ0) is 14.7. The van der Waals surface area contributed by atoms with Gasteiger partial charge in [0.05, 0.1) is 6.10 Å². The van der Waals surface area contributed by atoms with Gasteiger partial charge in [-0.1, -0.05) is 30.3 Å². The molecular formula is C17H25ClN2O2. The molecule has 1 aromatic carbocycles.